The molecule has 0 radical (unpaired) electrons. The van der Waals surface area contributed by atoms with Crippen molar-refractivity contribution in [3.63, 3.8) is 0 Å². The highest BCUT2D eigenvalue weighted by molar-refractivity contribution is 5.29. The van der Waals surface area contributed by atoms with Crippen LogP contribution < -0.4 is 10.1 Å². The number of nitrogens with one attached hydrogen (secondary N) is 1. The normalized spacial score (nSPS) is 12.4. The lowest BCUT2D eigenvalue weighted by Crippen LogP contribution is -2.29. The molecule has 0 amide bonds. The zero-order valence-corrected chi connectivity index (χ0v) is 12.3. The highest BCUT2D eigenvalue weighted by atomic mass is 19.1. The Hall–Kier alpha value is -1.09. The van der Waals surface area contributed by atoms with Crippen LogP contribution in [0.15, 0.2) is 18.2 Å². The fourth-order valence-corrected chi connectivity index (χ4v) is 2.22. The van der Waals surface area contributed by atoms with Crippen molar-refractivity contribution in [3.05, 3.63) is 29.6 Å². The molecule has 0 aliphatic rings. The summed E-state index contributed by atoms with van der Waals surface area (Å²) in [7, 11) is 1.49. The fourth-order valence-electron chi connectivity index (χ4n) is 2.22. The molecule has 1 rings (SSSR count). The molecule has 0 saturated carbocycles. The molecule has 1 aromatic rings. The standard InChI is InChI=1S/C16H26FNO/c1-4-11-18-14(5-2)8-6-7-13-9-10-16(19-3)15(17)12-13/h9-10,12,14,18H,4-8,11H2,1-3H3. The number of rotatable bonds is 9. The Kier molecular flexibility index (Phi) is 7.49. The number of hydrogen-bond acceptors (Lipinski definition) is 2. The highest BCUT2D eigenvalue weighted by Crippen LogP contribution is 2.19. The number of benzene rings is 1. The average molecular weight is 267 g/mol. The van der Waals surface area contributed by atoms with E-state index >= 15 is 0 Å². The van der Waals surface area contributed by atoms with Crippen molar-refractivity contribution >= 4 is 0 Å². The molecule has 0 heterocycles. The molecule has 0 aliphatic carbocycles. The average Bonchev–Trinajstić information content (AvgIpc) is 2.42. The first-order chi connectivity index (χ1) is 9.21. The van der Waals surface area contributed by atoms with Gasteiger partial charge >= 0.3 is 0 Å². The molecule has 0 aliphatic heterocycles. The topological polar surface area (TPSA) is 21.3 Å². The number of aryl methyl sites for hydroxylation is 1. The summed E-state index contributed by atoms with van der Waals surface area (Å²) in [5, 5.41) is 3.54. The molecule has 2 nitrogen and oxygen atoms in total. The third-order valence-electron chi connectivity index (χ3n) is 3.41. The van der Waals surface area contributed by atoms with E-state index in [4.69, 9.17) is 4.74 Å². The molecule has 3 heteroatoms. The fraction of sp³-hybridized carbons (Fsp3) is 0.625. The number of halogens is 1. The van der Waals surface area contributed by atoms with E-state index in [1.165, 1.54) is 13.5 Å². The van der Waals surface area contributed by atoms with Crippen LogP contribution in [0.2, 0.25) is 0 Å². The Labute approximate surface area is 116 Å². The molecule has 19 heavy (non-hydrogen) atoms. The van der Waals surface area contributed by atoms with E-state index in [2.05, 4.69) is 19.2 Å². The van der Waals surface area contributed by atoms with E-state index in [0.29, 0.717) is 11.8 Å². The van der Waals surface area contributed by atoms with Gasteiger partial charge in [-0.2, -0.15) is 0 Å². The van der Waals surface area contributed by atoms with E-state index in [-0.39, 0.29) is 5.82 Å². The van der Waals surface area contributed by atoms with E-state index in [1.807, 2.05) is 6.07 Å². The summed E-state index contributed by atoms with van der Waals surface area (Å²) < 4.78 is 18.5. The second-order valence-corrected chi connectivity index (χ2v) is 4.92. The monoisotopic (exact) mass is 267 g/mol. The Balaban J connectivity index is 2.37. The van der Waals surface area contributed by atoms with Gasteiger partial charge in [0.05, 0.1) is 7.11 Å². The van der Waals surface area contributed by atoms with Gasteiger partial charge in [0, 0.05) is 6.04 Å². The van der Waals surface area contributed by atoms with Crippen LogP contribution in [-0.4, -0.2) is 19.7 Å². The molecule has 0 spiro atoms. The minimum Gasteiger partial charge on any atom is -0.494 e. The van der Waals surface area contributed by atoms with Gasteiger partial charge in [-0.1, -0.05) is 19.9 Å². The predicted octanol–water partition coefficient (Wildman–Crippen LogP) is 3.94. The van der Waals surface area contributed by atoms with Crippen molar-refractivity contribution in [1.29, 1.82) is 0 Å². The molecule has 108 valence electrons. The zero-order chi connectivity index (χ0) is 14.1. The largest absolute Gasteiger partial charge is 0.494 e. The Bertz CT molecular complexity index is 368. The first-order valence-electron chi connectivity index (χ1n) is 7.27. The van der Waals surface area contributed by atoms with Crippen LogP contribution in [0.25, 0.3) is 0 Å². The van der Waals surface area contributed by atoms with Gasteiger partial charge in [-0.05, 0) is 56.3 Å². The van der Waals surface area contributed by atoms with Gasteiger partial charge < -0.3 is 10.1 Å². The summed E-state index contributed by atoms with van der Waals surface area (Å²) in [5.74, 6) is 0.0518. The molecule has 0 bridgehead atoms. The molecule has 1 aromatic carbocycles. The summed E-state index contributed by atoms with van der Waals surface area (Å²) >= 11 is 0. The molecule has 0 fully saturated rings. The van der Waals surface area contributed by atoms with E-state index < -0.39 is 0 Å². The quantitative estimate of drug-likeness (QED) is 0.732. The number of methoxy groups -OCH3 is 1. The summed E-state index contributed by atoms with van der Waals surface area (Å²) in [5.41, 5.74) is 1.05. The Morgan fingerprint density at radius 1 is 1.32 bits per heavy atom. The van der Waals surface area contributed by atoms with Gasteiger partial charge in [0.1, 0.15) is 0 Å². The van der Waals surface area contributed by atoms with Gasteiger partial charge in [0.2, 0.25) is 0 Å². The lowest BCUT2D eigenvalue weighted by atomic mass is 10.0. The second kappa shape index (κ2) is 8.92. The first kappa shape index (κ1) is 16.0. The maximum atomic E-state index is 13.5. The molecular formula is C16H26FNO. The van der Waals surface area contributed by atoms with Gasteiger partial charge in [-0.3, -0.25) is 0 Å². The Morgan fingerprint density at radius 3 is 2.68 bits per heavy atom. The lowest BCUT2D eigenvalue weighted by molar-refractivity contribution is 0.386. The van der Waals surface area contributed by atoms with E-state index in [1.54, 1.807) is 12.1 Å². The summed E-state index contributed by atoms with van der Waals surface area (Å²) in [6, 6.07) is 5.82. The third kappa shape index (κ3) is 5.60. The van der Waals surface area contributed by atoms with Crippen molar-refractivity contribution in [1.82, 2.24) is 5.32 Å². The third-order valence-corrected chi connectivity index (χ3v) is 3.41. The van der Waals surface area contributed by atoms with Gasteiger partial charge in [0.25, 0.3) is 0 Å². The van der Waals surface area contributed by atoms with Crippen LogP contribution in [0.4, 0.5) is 4.39 Å². The summed E-state index contributed by atoms with van der Waals surface area (Å²) in [6.07, 6.45) is 5.47. The van der Waals surface area contributed by atoms with Crippen molar-refractivity contribution in [2.24, 2.45) is 0 Å². The minimum atomic E-state index is -0.267. The van der Waals surface area contributed by atoms with Crippen molar-refractivity contribution in [3.8, 4) is 5.75 Å². The molecule has 1 atom stereocenters. The van der Waals surface area contributed by atoms with E-state index in [0.717, 1.165) is 37.8 Å². The van der Waals surface area contributed by atoms with Crippen LogP contribution in [0, 0.1) is 5.82 Å². The maximum absolute atomic E-state index is 13.5. The highest BCUT2D eigenvalue weighted by Gasteiger charge is 2.06. The van der Waals surface area contributed by atoms with Crippen molar-refractivity contribution in [2.45, 2.75) is 52.0 Å². The number of hydrogen-bond donors (Lipinski definition) is 1. The Morgan fingerprint density at radius 2 is 2.11 bits per heavy atom. The SMILES string of the molecule is CCCNC(CC)CCCc1ccc(OC)c(F)c1. The van der Waals surface area contributed by atoms with Crippen LogP contribution in [0.5, 0.6) is 5.75 Å². The van der Waals surface area contributed by atoms with Gasteiger partial charge in [0.15, 0.2) is 11.6 Å². The summed E-state index contributed by atoms with van der Waals surface area (Å²) in [4.78, 5) is 0. The summed E-state index contributed by atoms with van der Waals surface area (Å²) in [6.45, 7) is 5.47. The lowest BCUT2D eigenvalue weighted by Gasteiger charge is -2.16. The van der Waals surface area contributed by atoms with Gasteiger partial charge in [-0.25, -0.2) is 4.39 Å². The number of ether oxygens (including phenoxy) is 1. The van der Waals surface area contributed by atoms with Crippen LogP contribution in [-0.2, 0) is 6.42 Å². The van der Waals surface area contributed by atoms with Crippen LogP contribution >= 0.6 is 0 Å². The smallest absolute Gasteiger partial charge is 0.165 e. The van der Waals surface area contributed by atoms with Crippen molar-refractivity contribution < 1.29 is 9.13 Å². The zero-order valence-electron chi connectivity index (χ0n) is 12.3. The predicted molar refractivity (Wildman–Crippen MR) is 78.3 cm³/mol. The molecule has 1 N–H and O–H groups in total. The molecule has 0 aromatic heterocycles. The molecule has 0 saturated heterocycles. The minimum absolute atomic E-state index is 0.267. The first-order valence-corrected chi connectivity index (χ1v) is 7.27. The van der Waals surface area contributed by atoms with Gasteiger partial charge in [-0.15, -0.1) is 0 Å². The molecule has 1 unspecified atom stereocenters. The maximum Gasteiger partial charge on any atom is 0.165 e. The van der Waals surface area contributed by atoms with Crippen molar-refractivity contribution in [2.75, 3.05) is 13.7 Å². The molecular weight excluding hydrogens is 241 g/mol. The van der Waals surface area contributed by atoms with Crippen LogP contribution in [0.3, 0.4) is 0 Å². The van der Waals surface area contributed by atoms with Crippen LogP contribution in [0.1, 0.15) is 45.1 Å². The van der Waals surface area contributed by atoms with E-state index in [9.17, 15) is 4.39 Å². The second-order valence-electron chi connectivity index (χ2n) is 4.92.